The lowest BCUT2D eigenvalue weighted by molar-refractivity contribution is -0.126. The lowest BCUT2D eigenvalue weighted by Gasteiger charge is -2.31. The second kappa shape index (κ2) is 8.62. The van der Waals surface area contributed by atoms with Crippen LogP contribution < -0.4 is 10.2 Å². The number of benzene rings is 1. The predicted molar refractivity (Wildman–Crippen MR) is 113 cm³/mol. The van der Waals surface area contributed by atoms with E-state index in [0.29, 0.717) is 6.54 Å². The molecule has 1 N–H and O–H groups in total. The van der Waals surface area contributed by atoms with Crippen molar-refractivity contribution in [3.8, 4) is 0 Å². The van der Waals surface area contributed by atoms with Gasteiger partial charge in [-0.15, -0.1) is 0 Å². The molecule has 1 saturated carbocycles. The second-order valence-corrected chi connectivity index (χ2v) is 8.48. The summed E-state index contributed by atoms with van der Waals surface area (Å²) in [5.74, 6) is 1.08. The van der Waals surface area contributed by atoms with Crippen molar-refractivity contribution in [2.75, 3.05) is 31.2 Å². The van der Waals surface area contributed by atoms with Gasteiger partial charge in [-0.1, -0.05) is 47.0 Å². The number of hydrogen-bond acceptors (Lipinski definition) is 4. The predicted octanol–water partition coefficient (Wildman–Crippen LogP) is 3.81. The fourth-order valence-corrected chi connectivity index (χ4v) is 4.63. The number of aromatic nitrogens is 1. The van der Waals surface area contributed by atoms with Crippen LogP contribution in [0.25, 0.3) is 0 Å². The van der Waals surface area contributed by atoms with Gasteiger partial charge < -0.3 is 15.0 Å². The number of rotatable bonds is 5. The van der Waals surface area contributed by atoms with Crippen molar-refractivity contribution in [2.45, 2.75) is 37.6 Å². The van der Waals surface area contributed by atoms with Crippen LogP contribution in [0.2, 0.25) is 0 Å². The SMILES string of the molecule is O=C(NCc1cccnc1N1CCOCC1)C1(c2ccc(Br)cc2)CCCC1. The Balaban J connectivity index is 1.51. The molecular formula is C22H26BrN3O2. The fraction of sp³-hybridized carbons (Fsp3) is 0.455. The summed E-state index contributed by atoms with van der Waals surface area (Å²) in [5, 5.41) is 3.23. The molecule has 2 heterocycles. The number of hydrogen-bond donors (Lipinski definition) is 1. The van der Waals surface area contributed by atoms with E-state index < -0.39 is 5.41 Å². The van der Waals surface area contributed by atoms with Crippen LogP contribution in [0.5, 0.6) is 0 Å². The molecule has 148 valence electrons. The van der Waals surface area contributed by atoms with Crippen molar-refractivity contribution in [1.29, 1.82) is 0 Å². The smallest absolute Gasteiger partial charge is 0.230 e. The molecule has 0 radical (unpaired) electrons. The van der Waals surface area contributed by atoms with Gasteiger partial charge in [0.15, 0.2) is 0 Å². The monoisotopic (exact) mass is 443 g/mol. The van der Waals surface area contributed by atoms with Gasteiger partial charge in [0.05, 0.1) is 18.6 Å². The average molecular weight is 444 g/mol. The zero-order valence-electron chi connectivity index (χ0n) is 16.0. The summed E-state index contributed by atoms with van der Waals surface area (Å²) < 4.78 is 6.49. The molecule has 1 saturated heterocycles. The molecule has 2 aromatic rings. The van der Waals surface area contributed by atoms with Gasteiger partial charge in [0, 0.05) is 35.9 Å². The molecule has 0 spiro atoms. The summed E-state index contributed by atoms with van der Waals surface area (Å²) >= 11 is 3.49. The van der Waals surface area contributed by atoms with E-state index in [-0.39, 0.29) is 5.91 Å². The summed E-state index contributed by atoms with van der Waals surface area (Å²) in [4.78, 5) is 20.2. The number of carbonyl (C=O) groups is 1. The van der Waals surface area contributed by atoms with Crippen LogP contribution in [-0.2, 0) is 21.5 Å². The molecule has 1 aromatic heterocycles. The van der Waals surface area contributed by atoms with Crippen LogP contribution in [0.4, 0.5) is 5.82 Å². The first kappa shape index (κ1) is 19.4. The minimum atomic E-state index is -0.415. The summed E-state index contributed by atoms with van der Waals surface area (Å²) in [6.45, 7) is 3.60. The number of morpholine rings is 1. The number of nitrogens with zero attached hydrogens (tertiary/aromatic N) is 2. The van der Waals surface area contributed by atoms with E-state index in [0.717, 1.165) is 73.4 Å². The molecule has 2 aliphatic rings. The third kappa shape index (κ3) is 3.94. The van der Waals surface area contributed by atoms with Crippen LogP contribution in [0.1, 0.15) is 36.8 Å². The van der Waals surface area contributed by atoms with E-state index in [2.05, 4.69) is 49.3 Å². The first-order valence-corrected chi connectivity index (χ1v) is 10.8. The topological polar surface area (TPSA) is 54.5 Å². The molecule has 0 unspecified atom stereocenters. The van der Waals surface area contributed by atoms with Gasteiger partial charge in [0.1, 0.15) is 5.82 Å². The molecule has 5 nitrogen and oxygen atoms in total. The van der Waals surface area contributed by atoms with Crippen molar-refractivity contribution in [2.24, 2.45) is 0 Å². The fourth-order valence-electron chi connectivity index (χ4n) is 4.37. The maximum absolute atomic E-state index is 13.3. The van der Waals surface area contributed by atoms with Crippen molar-refractivity contribution in [3.63, 3.8) is 0 Å². The number of anilines is 1. The minimum absolute atomic E-state index is 0.129. The van der Waals surface area contributed by atoms with Crippen molar-refractivity contribution in [3.05, 3.63) is 58.2 Å². The van der Waals surface area contributed by atoms with E-state index in [1.54, 1.807) is 0 Å². The van der Waals surface area contributed by atoms with Crippen LogP contribution in [-0.4, -0.2) is 37.2 Å². The molecule has 1 aliphatic carbocycles. The van der Waals surface area contributed by atoms with Crippen LogP contribution >= 0.6 is 15.9 Å². The summed E-state index contributed by atoms with van der Waals surface area (Å²) in [6.07, 6.45) is 5.81. The highest BCUT2D eigenvalue weighted by Gasteiger charge is 2.42. The largest absolute Gasteiger partial charge is 0.378 e. The minimum Gasteiger partial charge on any atom is -0.378 e. The van der Waals surface area contributed by atoms with Gasteiger partial charge in [-0.2, -0.15) is 0 Å². The van der Waals surface area contributed by atoms with Gasteiger partial charge in [-0.3, -0.25) is 4.79 Å². The molecule has 0 atom stereocenters. The summed E-state index contributed by atoms with van der Waals surface area (Å²) in [6, 6.07) is 12.2. The Labute approximate surface area is 174 Å². The molecular weight excluding hydrogens is 418 g/mol. The number of pyridine rings is 1. The van der Waals surface area contributed by atoms with Crippen LogP contribution in [0.3, 0.4) is 0 Å². The molecule has 2 fully saturated rings. The van der Waals surface area contributed by atoms with Gasteiger partial charge >= 0.3 is 0 Å². The molecule has 1 amide bonds. The maximum atomic E-state index is 13.3. The zero-order chi connectivity index (χ0) is 19.4. The summed E-state index contributed by atoms with van der Waals surface area (Å²) in [5.41, 5.74) is 1.76. The van der Waals surface area contributed by atoms with Gasteiger partial charge in [-0.25, -0.2) is 4.98 Å². The lowest BCUT2D eigenvalue weighted by Crippen LogP contribution is -2.43. The Hall–Kier alpha value is -1.92. The number of amides is 1. The third-order valence-electron chi connectivity index (χ3n) is 5.91. The van der Waals surface area contributed by atoms with E-state index >= 15 is 0 Å². The third-order valence-corrected chi connectivity index (χ3v) is 6.43. The second-order valence-electron chi connectivity index (χ2n) is 7.56. The first-order valence-electron chi connectivity index (χ1n) is 10.00. The first-order chi connectivity index (χ1) is 13.7. The van der Waals surface area contributed by atoms with Gasteiger partial charge in [-0.05, 0) is 36.6 Å². The Morgan fingerprint density at radius 1 is 1.14 bits per heavy atom. The Bertz CT molecular complexity index is 813. The standard InChI is InChI=1S/C22H26BrN3O2/c23-19-7-5-18(6-8-19)22(9-1-2-10-22)21(27)25-16-17-4-3-11-24-20(17)26-12-14-28-15-13-26/h3-8,11H,1-2,9-10,12-16H2,(H,25,27). The average Bonchev–Trinajstić information content (AvgIpc) is 3.24. The Kier molecular flexibility index (Phi) is 5.97. The summed E-state index contributed by atoms with van der Waals surface area (Å²) in [7, 11) is 0. The molecule has 28 heavy (non-hydrogen) atoms. The Morgan fingerprint density at radius 2 is 1.86 bits per heavy atom. The highest BCUT2D eigenvalue weighted by Crippen LogP contribution is 2.41. The molecule has 1 aromatic carbocycles. The van der Waals surface area contributed by atoms with E-state index in [9.17, 15) is 4.79 Å². The maximum Gasteiger partial charge on any atom is 0.230 e. The van der Waals surface area contributed by atoms with E-state index in [1.165, 1.54) is 0 Å². The van der Waals surface area contributed by atoms with Crippen molar-refractivity contribution in [1.82, 2.24) is 10.3 Å². The molecule has 1 aliphatic heterocycles. The number of halogens is 1. The van der Waals surface area contributed by atoms with Gasteiger partial charge in [0.2, 0.25) is 5.91 Å². The number of ether oxygens (including phenoxy) is 1. The highest BCUT2D eigenvalue weighted by atomic mass is 79.9. The molecule has 6 heteroatoms. The van der Waals surface area contributed by atoms with Crippen molar-refractivity contribution >= 4 is 27.7 Å². The quantitative estimate of drug-likeness (QED) is 0.762. The number of carbonyl (C=O) groups excluding carboxylic acids is 1. The normalized spacial score (nSPS) is 18.8. The molecule has 0 bridgehead atoms. The highest BCUT2D eigenvalue weighted by molar-refractivity contribution is 9.10. The zero-order valence-corrected chi connectivity index (χ0v) is 17.6. The van der Waals surface area contributed by atoms with E-state index in [1.807, 2.05) is 24.4 Å². The van der Waals surface area contributed by atoms with Crippen molar-refractivity contribution < 1.29 is 9.53 Å². The Morgan fingerprint density at radius 3 is 2.57 bits per heavy atom. The van der Waals surface area contributed by atoms with Crippen LogP contribution in [0, 0.1) is 0 Å². The van der Waals surface area contributed by atoms with E-state index in [4.69, 9.17) is 4.74 Å². The van der Waals surface area contributed by atoms with Crippen LogP contribution in [0.15, 0.2) is 47.1 Å². The lowest BCUT2D eigenvalue weighted by atomic mass is 9.78. The number of nitrogens with one attached hydrogen (secondary N) is 1. The molecule has 4 rings (SSSR count). The van der Waals surface area contributed by atoms with Gasteiger partial charge in [0.25, 0.3) is 0 Å².